The molecule has 0 saturated carbocycles. The fourth-order valence-corrected chi connectivity index (χ4v) is 4.44. The molecule has 0 aliphatic rings. The van der Waals surface area contributed by atoms with Gasteiger partial charge in [0.25, 0.3) is 0 Å². The molecule has 33 heavy (non-hydrogen) atoms. The summed E-state index contributed by atoms with van der Waals surface area (Å²) < 4.78 is 7.47. The fourth-order valence-electron chi connectivity index (χ4n) is 3.63. The Labute approximate surface area is 203 Å². The molecule has 5 rings (SSSR count). The van der Waals surface area contributed by atoms with Crippen molar-refractivity contribution in [2.24, 2.45) is 0 Å². The molecule has 0 fully saturated rings. The number of carbonyl (C=O) groups excluding carboxylic acids is 1. The Morgan fingerprint density at radius 2 is 1.82 bits per heavy atom. The Morgan fingerprint density at radius 3 is 2.58 bits per heavy atom. The van der Waals surface area contributed by atoms with Gasteiger partial charge in [0.1, 0.15) is 10.9 Å². The highest BCUT2D eigenvalue weighted by Gasteiger charge is 2.26. The molecule has 3 heterocycles. The third kappa shape index (κ3) is 3.97. The summed E-state index contributed by atoms with van der Waals surface area (Å²) in [7, 11) is 0. The van der Waals surface area contributed by atoms with Gasteiger partial charge in [-0.15, -0.1) is 0 Å². The average molecular weight is 499 g/mol. The molecule has 5 aromatic rings. The van der Waals surface area contributed by atoms with Gasteiger partial charge in [0.05, 0.1) is 23.8 Å². The van der Waals surface area contributed by atoms with E-state index in [1.54, 1.807) is 53.4 Å². The summed E-state index contributed by atoms with van der Waals surface area (Å²) in [5.74, 6) is -0.138. The molecule has 9 heteroatoms. The SMILES string of the molecule is O=C(c1cnc(-c2ccncc2)o1)c1c(Cl)n(Cc2ccc(Cl)cc2Cl)c2ccc(O)cc12. The predicted octanol–water partition coefficient (Wildman–Crippen LogP) is 6.64. The van der Waals surface area contributed by atoms with Crippen molar-refractivity contribution in [1.29, 1.82) is 0 Å². The van der Waals surface area contributed by atoms with Crippen molar-refractivity contribution in [3.8, 4) is 17.2 Å². The Hall–Kier alpha value is -3.32. The van der Waals surface area contributed by atoms with Gasteiger partial charge in [-0.2, -0.15) is 0 Å². The minimum absolute atomic E-state index is 0.00457. The zero-order valence-electron chi connectivity index (χ0n) is 16.8. The zero-order valence-corrected chi connectivity index (χ0v) is 19.1. The Kier molecular flexibility index (Phi) is 5.58. The number of pyridine rings is 1. The van der Waals surface area contributed by atoms with Crippen molar-refractivity contribution >= 4 is 51.5 Å². The molecule has 0 radical (unpaired) electrons. The molecule has 0 amide bonds. The third-order valence-corrected chi connectivity index (χ3v) is 6.19. The highest BCUT2D eigenvalue weighted by molar-refractivity contribution is 6.37. The zero-order chi connectivity index (χ0) is 23.1. The van der Waals surface area contributed by atoms with E-state index < -0.39 is 5.78 Å². The van der Waals surface area contributed by atoms with Crippen LogP contribution in [0.15, 0.2) is 71.5 Å². The van der Waals surface area contributed by atoms with Crippen molar-refractivity contribution in [2.45, 2.75) is 6.54 Å². The lowest BCUT2D eigenvalue weighted by molar-refractivity contribution is 0.101. The molecule has 0 aliphatic carbocycles. The van der Waals surface area contributed by atoms with Crippen LogP contribution in [0.2, 0.25) is 15.2 Å². The number of aromatic nitrogens is 3. The number of hydrogen-bond acceptors (Lipinski definition) is 5. The van der Waals surface area contributed by atoms with Gasteiger partial charge in [-0.3, -0.25) is 9.78 Å². The van der Waals surface area contributed by atoms with Gasteiger partial charge < -0.3 is 14.1 Å². The summed E-state index contributed by atoms with van der Waals surface area (Å²) in [6, 6.07) is 13.4. The van der Waals surface area contributed by atoms with E-state index >= 15 is 0 Å². The minimum atomic E-state index is -0.454. The number of phenols is 1. The molecule has 2 aromatic carbocycles. The first-order valence-electron chi connectivity index (χ1n) is 9.78. The molecule has 0 spiro atoms. The number of phenolic OH excluding ortho intramolecular Hbond substituents is 1. The smallest absolute Gasteiger partial charge is 0.233 e. The maximum Gasteiger partial charge on any atom is 0.233 e. The fraction of sp³-hybridized carbons (Fsp3) is 0.0417. The lowest BCUT2D eigenvalue weighted by Gasteiger charge is -2.09. The van der Waals surface area contributed by atoms with Crippen molar-refractivity contribution in [2.75, 3.05) is 0 Å². The van der Waals surface area contributed by atoms with Crippen LogP contribution < -0.4 is 0 Å². The number of carbonyl (C=O) groups is 1. The van der Waals surface area contributed by atoms with Crippen molar-refractivity contribution in [1.82, 2.24) is 14.5 Å². The van der Waals surface area contributed by atoms with E-state index in [2.05, 4.69) is 9.97 Å². The lowest BCUT2D eigenvalue weighted by atomic mass is 10.1. The maximum absolute atomic E-state index is 13.4. The van der Waals surface area contributed by atoms with Crippen LogP contribution in [0.1, 0.15) is 21.7 Å². The molecule has 0 bridgehead atoms. The van der Waals surface area contributed by atoms with E-state index in [9.17, 15) is 9.90 Å². The van der Waals surface area contributed by atoms with Gasteiger partial charge in [0, 0.05) is 33.4 Å². The topological polar surface area (TPSA) is 81.2 Å². The summed E-state index contributed by atoms with van der Waals surface area (Å²) in [5, 5.41) is 11.7. The Morgan fingerprint density at radius 1 is 1.03 bits per heavy atom. The number of rotatable bonds is 5. The number of halogens is 3. The Bertz CT molecular complexity index is 1510. The number of nitrogens with zero attached hydrogens (tertiary/aromatic N) is 3. The van der Waals surface area contributed by atoms with Gasteiger partial charge in [-0.05, 0) is 48.0 Å². The molecule has 0 aliphatic heterocycles. The quantitative estimate of drug-likeness (QED) is 0.275. The Balaban J connectivity index is 1.61. The van der Waals surface area contributed by atoms with Crippen molar-refractivity contribution in [3.63, 3.8) is 0 Å². The summed E-state index contributed by atoms with van der Waals surface area (Å²) in [6.07, 6.45) is 4.57. The molecule has 6 nitrogen and oxygen atoms in total. The molecule has 0 unspecified atom stereocenters. The minimum Gasteiger partial charge on any atom is -0.508 e. The largest absolute Gasteiger partial charge is 0.508 e. The first kappa shape index (κ1) is 21.5. The molecular weight excluding hydrogens is 485 g/mol. The second-order valence-corrected chi connectivity index (χ2v) is 8.49. The molecular formula is C24H14Cl3N3O3. The standard InChI is InChI=1S/C24H14Cl3N3O3/c25-15-2-1-14(18(26)9-15)12-30-19-4-3-16(31)10-17(19)21(23(30)27)22(32)20-11-29-24(33-20)13-5-7-28-8-6-13/h1-11,31H,12H2. The lowest BCUT2D eigenvalue weighted by Crippen LogP contribution is -2.03. The maximum atomic E-state index is 13.4. The van der Waals surface area contributed by atoms with Crippen LogP contribution in [-0.4, -0.2) is 25.4 Å². The van der Waals surface area contributed by atoms with Gasteiger partial charge in [0.2, 0.25) is 11.7 Å². The van der Waals surface area contributed by atoms with Crippen LogP contribution in [0.4, 0.5) is 0 Å². The third-order valence-electron chi connectivity index (χ3n) is 5.21. The molecule has 3 aromatic heterocycles. The van der Waals surface area contributed by atoms with Crippen LogP contribution >= 0.6 is 34.8 Å². The van der Waals surface area contributed by atoms with E-state index in [0.29, 0.717) is 33.1 Å². The normalized spacial score (nSPS) is 11.2. The van der Waals surface area contributed by atoms with Gasteiger partial charge in [0.15, 0.2) is 5.76 Å². The van der Waals surface area contributed by atoms with Gasteiger partial charge in [-0.25, -0.2) is 4.98 Å². The second kappa shape index (κ2) is 8.56. The van der Waals surface area contributed by atoms with E-state index in [1.165, 1.54) is 18.3 Å². The van der Waals surface area contributed by atoms with Crippen molar-refractivity contribution < 1.29 is 14.3 Å². The van der Waals surface area contributed by atoms with Crippen LogP contribution in [0, 0.1) is 0 Å². The first-order chi connectivity index (χ1) is 15.9. The number of ketones is 1. The predicted molar refractivity (Wildman–Crippen MR) is 127 cm³/mol. The van der Waals surface area contributed by atoms with E-state index in [-0.39, 0.29) is 28.1 Å². The number of aromatic hydroxyl groups is 1. The summed E-state index contributed by atoms with van der Waals surface area (Å²) in [4.78, 5) is 21.6. The van der Waals surface area contributed by atoms with Crippen LogP contribution in [-0.2, 0) is 6.54 Å². The highest BCUT2D eigenvalue weighted by Crippen LogP contribution is 2.36. The number of hydrogen-bond donors (Lipinski definition) is 1. The first-order valence-corrected chi connectivity index (χ1v) is 10.9. The molecule has 1 N–H and O–H groups in total. The van der Waals surface area contributed by atoms with E-state index in [4.69, 9.17) is 39.2 Å². The summed E-state index contributed by atoms with van der Waals surface area (Å²) in [6.45, 7) is 0.294. The number of benzene rings is 2. The van der Waals surface area contributed by atoms with Gasteiger partial charge >= 0.3 is 0 Å². The van der Waals surface area contributed by atoms with E-state index in [1.807, 2.05) is 0 Å². The van der Waals surface area contributed by atoms with Crippen molar-refractivity contribution in [3.05, 3.63) is 99.2 Å². The molecule has 0 atom stereocenters. The molecule has 164 valence electrons. The highest BCUT2D eigenvalue weighted by atomic mass is 35.5. The summed E-state index contributed by atoms with van der Waals surface area (Å²) >= 11 is 19.1. The average Bonchev–Trinajstić information content (AvgIpc) is 3.39. The monoisotopic (exact) mass is 497 g/mol. The summed E-state index contributed by atoms with van der Waals surface area (Å²) in [5.41, 5.74) is 2.31. The van der Waals surface area contributed by atoms with Crippen LogP contribution in [0.5, 0.6) is 5.75 Å². The number of fused-ring (bicyclic) bond motifs is 1. The van der Waals surface area contributed by atoms with E-state index in [0.717, 1.165) is 5.56 Å². The van der Waals surface area contributed by atoms with Crippen LogP contribution in [0.3, 0.4) is 0 Å². The van der Waals surface area contributed by atoms with Gasteiger partial charge in [-0.1, -0.05) is 40.9 Å². The number of oxazole rings is 1. The van der Waals surface area contributed by atoms with Crippen LogP contribution in [0.25, 0.3) is 22.4 Å². The second-order valence-electron chi connectivity index (χ2n) is 7.28. The molecule has 0 saturated heterocycles.